The molecule has 3 unspecified atom stereocenters. The first-order chi connectivity index (χ1) is 6.77. The summed E-state index contributed by atoms with van der Waals surface area (Å²) in [4.78, 5) is 2.41. The van der Waals surface area contributed by atoms with Gasteiger partial charge in [-0.3, -0.25) is 4.90 Å². The van der Waals surface area contributed by atoms with E-state index in [4.69, 9.17) is 4.74 Å². The van der Waals surface area contributed by atoms with Crippen molar-refractivity contribution in [2.75, 3.05) is 26.3 Å². The normalized spacial score (nSPS) is 36.4. The van der Waals surface area contributed by atoms with E-state index in [-0.39, 0.29) is 6.10 Å². The molecule has 3 nitrogen and oxygen atoms in total. The largest absolute Gasteiger partial charge is 0.391 e. The predicted molar refractivity (Wildman–Crippen MR) is 55.2 cm³/mol. The van der Waals surface area contributed by atoms with Crippen molar-refractivity contribution >= 4 is 0 Å². The Kier molecular flexibility index (Phi) is 3.42. The van der Waals surface area contributed by atoms with E-state index in [0.29, 0.717) is 12.0 Å². The Hall–Kier alpha value is -0.120. The number of rotatable bonds is 3. The molecule has 0 aromatic carbocycles. The van der Waals surface area contributed by atoms with Gasteiger partial charge < -0.3 is 9.84 Å². The quantitative estimate of drug-likeness (QED) is 0.732. The minimum absolute atomic E-state index is 0.182. The fourth-order valence-corrected chi connectivity index (χ4v) is 2.51. The number of likely N-dealkylation sites (tertiary alicyclic amines) is 1. The van der Waals surface area contributed by atoms with Crippen molar-refractivity contribution in [1.82, 2.24) is 4.90 Å². The summed E-state index contributed by atoms with van der Waals surface area (Å²) in [5.41, 5.74) is 0. The van der Waals surface area contributed by atoms with Gasteiger partial charge in [-0.25, -0.2) is 0 Å². The standard InChI is InChI=1S/C11H21NO2/c1-9-3-2-5-12(9)7-11(13)10-4-6-14-8-10/h9-11,13H,2-8H2,1H3. The average Bonchev–Trinajstić information content (AvgIpc) is 2.77. The molecule has 2 aliphatic heterocycles. The number of aliphatic hydroxyl groups is 1. The van der Waals surface area contributed by atoms with Gasteiger partial charge in [0.1, 0.15) is 0 Å². The lowest BCUT2D eigenvalue weighted by Gasteiger charge is -2.26. The van der Waals surface area contributed by atoms with Gasteiger partial charge in [0.15, 0.2) is 0 Å². The van der Waals surface area contributed by atoms with Crippen molar-refractivity contribution in [2.24, 2.45) is 5.92 Å². The second kappa shape index (κ2) is 4.60. The van der Waals surface area contributed by atoms with E-state index in [1.807, 2.05) is 0 Å². The minimum Gasteiger partial charge on any atom is -0.391 e. The molecule has 2 heterocycles. The van der Waals surface area contributed by atoms with Gasteiger partial charge in [-0.15, -0.1) is 0 Å². The van der Waals surface area contributed by atoms with Gasteiger partial charge in [-0.2, -0.15) is 0 Å². The third-order valence-corrected chi connectivity index (χ3v) is 3.62. The highest BCUT2D eigenvalue weighted by Gasteiger charge is 2.28. The van der Waals surface area contributed by atoms with Gasteiger partial charge in [0, 0.05) is 25.1 Å². The van der Waals surface area contributed by atoms with Crippen LogP contribution in [0.25, 0.3) is 0 Å². The summed E-state index contributed by atoms with van der Waals surface area (Å²) in [6.07, 6.45) is 3.42. The van der Waals surface area contributed by atoms with E-state index >= 15 is 0 Å². The molecule has 0 spiro atoms. The molecule has 3 atom stereocenters. The molecule has 1 N–H and O–H groups in total. The summed E-state index contributed by atoms with van der Waals surface area (Å²) in [5.74, 6) is 0.378. The number of hydrogen-bond acceptors (Lipinski definition) is 3. The highest BCUT2D eigenvalue weighted by atomic mass is 16.5. The Balaban J connectivity index is 1.78. The second-order valence-electron chi connectivity index (χ2n) is 4.68. The first-order valence-electron chi connectivity index (χ1n) is 5.77. The lowest BCUT2D eigenvalue weighted by Crippen LogP contribution is -2.38. The fraction of sp³-hybridized carbons (Fsp3) is 1.00. The van der Waals surface area contributed by atoms with Crippen LogP contribution in [0.5, 0.6) is 0 Å². The molecule has 3 heteroatoms. The average molecular weight is 199 g/mol. The van der Waals surface area contributed by atoms with Crippen molar-refractivity contribution in [2.45, 2.75) is 38.3 Å². The maximum atomic E-state index is 10.0. The Bertz CT molecular complexity index is 180. The minimum atomic E-state index is -0.182. The summed E-state index contributed by atoms with van der Waals surface area (Å²) < 4.78 is 5.29. The predicted octanol–water partition coefficient (Wildman–Crippen LogP) is 0.868. The molecule has 0 saturated carbocycles. The van der Waals surface area contributed by atoms with Crippen LogP contribution in [0.1, 0.15) is 26.2 Å². The molecular weight excluding hydrogens is 178 g/mol. The fourth-order valence-electron chi connectivity index (χ4n) is 2.51. The van der Waals surface area contributed by atoms with E-state index < -0.39 is 0 Å². The van der Waals surface area contributed by atoms with Crippen molar-refractivity contribution < 1.29 is 9.84 Å². The van der Waals surface area contributed by atoms with Crippen molar-refractivity contribution in [3.8, 4) is 0 Å². The summed E-state index contributed by atoms with van der Waals surface area (Å²) in [6.45, 7) is 5.84. The third kappa shape index (κ3) is 2.27. The van der Waals surface area contributed by atoms with E-state index in [1.54, 1.807) is 0 Å². The molecule has 2 fully saturated rings. The molecule has 2 rings (SSSR count). The zero-order chi connectivity index (χ0) is 9.97. The Labute approximate surface area is 86.0 Å². The Morgan fingerprint density at radius 1 is 1.50 bits per heavy atom. The maximum absolute atomic E-state index is 10.0. The van der Waals surface area contributed by atoms with Gasteiger partial charge in [-0.1, -0.05) is 0 Å². The van der Waals surface area contributed by atoms with Gasteiger partial charge in [0.25, 0.3) is 0 Å². The van der Waals surface area contributed by atoms with Gasteiger partial charge in [-0.05, 0) is 32.7 Å². The summed E-state index contributed by atoms with van der Waals surface area (Å²) in [6, 6.07) is 0.659. The van der Waals surface area contributed by atoms with Crippen LogP contribution in [0.15, 0.2) is 0 Å². The van der Waals surface area contributed by atoms with Gasteiger partial charge >= 0.3 is 0 Å². The molecule has 82 valence electrons. The highest BCUT2D eigenvalue weighted by molar-refractivity contribution is 4.81. The molecule has 0 aromatic rings. The van der Waals surface area contributed by atoms with E-state index in [9.17, 15) is 5.11 Å². The van der Waals surface area contributed by atoms with Gasteiger partial charge in [0.05, 0.1) is 12.7 Å². The maximum Gasteiger partial charge on any atom is 0.0718 e. The zero-order valence-electron chi connectivity index (χ0n) is 8.98. The molecule has 0 radical (unpaired) electrons. The van der Waals surface area contributed by atoms with Crippen LogP contribution < -0.4 is 0 Å². The van der Waals surface area contributed by atoms with Crippen LogP contribution in [0.3, 0.4) is 0 Å². The Morgan fingerprint density at radius 3 is 2.93 bits per heavy atom. The van der Waals surface area contributed by atoms with Crippen LogP contribution in [-0.4, -0.2) is 48.5 Å². The number of hydrogen-bond donors (Lipinski definition) is 1. The zero-order valence-corrected chi connectivity index (χ0v) is 8.98. The number of nitrogens with zero attached hydrogens (tertiary/aromatic N) is 1. The topological polar surface area (TPSA) is 32.7 Å². The lowest BCUT2D eigenvalue weighted by atomic mass is 10.0. The number of aliphatic hydroxyl groups excluding tert-OH is 1. The van der Waals surface area contributed by atoms with Crippen LogP contribution >= 0.6 is 0 Å². The number of ether oxygens (including phenoxy) is 1. The summed E-state index contributed by atoms with van der Waals surface area (Å²) in [7, 11) is 0. The molecule has 0 bridgehead atoms. The SMILES string of the molecule is CC1CCCN1CC(O)C1CCOC1. The Morgan fingerprint density at radius 2 is 2.36 bits per heavy atom. The van der Waals surface area contributed by atoms with Gasteiger partial charge in [0.2, 0.25) is 0 Å². The second-order valence-corrected chi connectivity index (χ2v) is 4.68. The highest BCUT2D eigenvalue weighted by Crippen LogP contribution is 2.21. The molecular formula is C11H21NO2. The van der Waals surface area contributed by atoms with Crippen molar-refractivity contribution in [3.05, 3.63) is 0 Å². The van der Waals surface area contributed by atoms with Crippen LogP contribution in [0, 0.1) is 5.92 Å². The monoisotopic (exact) mass is 199 g/mol. The lowest BCUT2D eigenvalue weighted by molar-refractivity contribution is 0.0539. The van der Waals surface area contributed by atoms with E-state index in [0.717, 1.165) is 32.7 Å². The van der Waals surface area contributed by atoms with Crippen LogP contribution in [0.2, 0.25) is 0 Å². The molecule has 0 amide bonds. The van der Waals surface area contributed by atoms with Crippen LogP contribution in [0.4, 0.5) is 0 Å². The summed E-state index contributed by atoms with van der Waals surface area (Å²) >= 11 is 0. The molecule has 14 heavy (non-hydrogen) atoms. The first-order valence-corrected chi connectivity index (χ1v) is 5.77. The first kappa shape index (κ1) is 10.4. The molecule has 0 aromatic heterocycles. The van der Waals surface area contributed by atoms with E-state index in [1.165, 1.54) is 12.8 Å². The smallest absolute Gasteiger partial charge is 0.0718 e. The molecule has 2 aliphatic rings. The van der Waals surface area contributed by atoms with Crippen molar-refractivity contribution in [1.29, 1.82) is 0 Å². The van der Waals surface area contributed by atoms with E-state index in [2.05, 4.69) is 11.8 Å². The number of β-amino-alcohol motifs (C(OH)–C–C–N with tert-alkyl or cyclic N) is 1. The van der Waals surface area contributed by atoms with Crippen molar-refractivity contribution in [3.63, 3.8) is 0 Å². The molecule has 2 saturated heterocycles. The molecule has 0 aliphatic carbocycles. The van der Waals surface area contributed by atoms with Crippen LogP contribution in [-0.2, 0) is 4.74 Å². The summed E-state index contributed by atoms with van der Waals surface area (Å²) in [5, 5.41) is 10.0. The third-order valence-electron chi connectivity index (χ3n) is 3.62.